The van der Waals surface area contributed by atoms with E-state index in [1.54, 1.807) is 0 Å². The highest BCUT2D eigenvalue weighted by atomic mass is 79.9. The molecule has 3 nitrogen and oxygen atoms in total. The molecule has 114 valence electrons. The Morgan fingerprint density at radius 2 is 2.05 bits per heavy atom. The number of fused-ring (bicyclic) bond motifs is 2. The molecule has 0 radical (unpaired) electrons. The monoisotopic (exact) mass is 351 g/mol. The average Bonchev–Trinajstić information content (AvgIpc) is 2.71. The molecule has 0 saturated carbocycles. The quantitative estimate of drug-likeness (QED) is 0.774. The molecule has 2 aliphatic heterocycles. The third kappa shape index (κ3) is 3.42. The van der Waals surface area contributed by atoms with Crippen LogP contribution in [0.1, 0.15) is 37.7 Å². The number of hydrogen-bond acceptors (Lipinski definition) is 2. The Labute approximate surface area is 134 Å². The number of halogens is 1. The summed E-state index contributed by atoms with van der Waals surface area (Å²) in [7, 11) is 0. The molecule has 2 unspecified atom stereocenters. The minimum absolute atomic E-state index is 0.259. The molecule has 1 aromatic rings. The lowest BCUT2D eigenvalue weighted by Crippen LogP contribution is -2.47. The zero-order valence-electron chi connectivity index (χ0n) is 12.4. The largest absolute Gasteiger partial charge is 0.493 e. The number of piperidine rings is 1. The van der Waals surface area contributed by atoms with Crippen LogP contribution >= 0.6 is 15.9 Å². The van der Waals surface area contributed by atoms with Crippen LogP contribution in [0.2, 0.25) is 0 Å². The molecular formula is C17H22BrNO2. The molecule has 2 fully saturated rings. The van der Waals surface area contributed by atoms with Gasteiger partial charge in [0.15, 0.2) is 0 Å². The van der Waals surface area contributed by atoms with Gasteiger partial charge in [-0.2, -0.15) is 0 Å². The van der Waals surface area contributed by atoms with E-state index in [0.717, 1.165) is 31.4 Å². The van der Waals surface area contributed by atoms with Crippen LogP contribution in [0, 0.1) is 6.92 Å². The highest BCUT2D eigenvalue weighted by molar-refractivity contribution is 9.09. The fourth-order valence-corrected chi connectivity index (χ4v) is 4.47. The lowest BCUT2D eigenvalue weighted by Gasteiger charge is -2.37. The molecule has 2 aliphatic rings. The van der Waals surface area contributed by atoms with E-state index in [2.05, 4.69) is 20.8 Å². The highest BCUT2D eigenvalue weighted by Crippen LogP contribution is 2.38. The van der Waals surface area contributed by atoms with Gasteiger partial charge < -0.3 is 9.64 Å². The van der Waals surface area contributed by atoms with E-state index in [0.29, 0.717) is 29.9 Å². The van der Waals surface area contributed by atoms with Gasteiger partial charge in [-0.15, -0.1) is 0 Å². The summed E-state index contributed by atoms with van der Waals surface area (Å²) in [5.41, 5.74) is 1.18. The topological polar surface area (TPSA) is 29.5 Å². The first-order valence-corrected chi connectivity index (χ1v) is 8.70. The highest BCUT2D eigenvalue weighted by Gasteiger charge is 2.42. The fourth-order valence-electron chi connectivity index (χ4n) is 3.61. The third-order valence-corrected chi connectivity index (χ3v) is 5.29. The van der Waals surface area contributed by atoms with E-state index < -0.39 is 0 Å². The van der Waals surface area contributed by atoms with Crippen molar-refractivity contribution in [2.24, 2.45) is 0 Å². The number of ether oxygens (including phenoxy) is 1. The first-order valence-electron chi connectivity index (χ1n) is 7.78. The first kappa shape index (κ1) is 14.9. The van der Waals surface area contributed by atoms with E-state index in [9.17, 15) is 4.79 Å². The minimum atomic E-state index is 0.259. The van der Waals surface area contributed by atoms with Crippen LogP contribution in [0.5, 0.6) is 5.75 Å². The van der Waals surface area contributed by atoms with Gasteiger partial charge in [0, 0.05) is 16.9 Å². The summed E-state index contributed by atoms with van der Waals surface area (Å²) in [6.45, 7) is 2.51. The lowest BCUT2D eigenvalue weighted by atomic mass is 10.0. The van der Waals surface area contributed by atoms with Crippen molar-refractivity contribution in [3.8, 4) is 5.75 Å². The van der Waals surface area contributed by atoms with E-state index in [1.807, 2.05) is 31.2 Å². The average molecular weight is 352 g/mol. The zero-order valence-corrected chi connectivity index (χ0v) is 14.0. The Bertz CT molecular complexity index is 505. The van der Waals surface area contributed by atoms with Crippen LogP contribution in [0.25, 0.3) is 0 Å². The number of hydrogen-bond donors (Lipinski definition) is 0. The lowest BCUT2D eigenvalue weighted by molar-refractivity contribution is -0.135. The maximum Gasteiger partial charge on any atom is 0.226 e. The first-order chi connectivity index (χ1) is 10.1. The molecule has 2 atom stereocenters. The van der Waals surface area contributed by atoms with Crippen molar-refractivity contribution in [3.63, 3.8) is 0 Å². The van der Waals surface area contributed by atoms with Crippen molar-refractivity contribution in [2.75, 3.05) is 6.61 Å². The SMILES string of the molecule is Cc1cccc(OCCC(=O)N2C3CCC2CC(Br)C3)c1. The molecule has 2 bridgehead atoms. The van der Waals surface area contributed by atoms with Gasteiger partial charge in [0.25, 0.3) is 0 Å². The maximum absolute atomic E-state index is 12.5. The Kier molecular flexibility index (Phi) is 4.53. The molecule has 2 heterocycles. The van der Waals surface area contributed by atoms with Gasteiger partial charge in [0.2, 0.25) is 5.91 Å². The van der Waals surface area contributed by atoms with Crippen molar-refractivity contribution in [1.29, 1.82) is 0 Å². The summed E-state index contributed by atoms with van der Waals surface area (Å²) in [5.74, 6) is 1.11. The van der Waals surface area contributed by atoms with Crippen LogP contribution < -0.4 is 4.74 Å². The third-order valence-electron chi connectivity index (χ3n) is 4.54. The Morgan fingerprint density at radius 3 is 2.71 bits per heavy atom. The summed E-state index contributed by atoms with van der Waals surface area (Å²) in [6.07, 6.45) is 5.00. The normalized spacial score (nSPS) is 27.7. The summed E-state index contributed by atoms with van der Waals surface area (Å²) in [5, 5.41) is 0. The van der Waals surface area contributed by atoms with Crippen LogP contribution in [-0.2, 0) is 4.79 Å². The number of rotatable bonds is 4. The maximum atomic E-state index is 12.5. The molecule has 2 saturated heterocycles. The molecule has 1 amide bonds. The molecular weight excluding hydrogens is 330 g/mol. The van der Waals surface area contributed by atoms with E-state index in [-0.39, 0.29) is 5.91 Å². The van der Waals surface area contributed by atoms with Crippen LogP contribution in [0.15, 0.2) is 24.3 Å². The smallest absolute Gasteiger partial charge is 0.226 e. The molecule has 0 N–H and O–H groups in total. The molecule has 21 heavy (non-hydrogen) atoms. The van der Waals surface area contributed by atoms with Gasteiger partial charge in [0.1, 0.15) is 5.75 Å². The van der Waals surface area contributed by atoms with Crippen LogP contribution in [-0.4, -0.2) is 34.3 Å². The number of nitrogens with zero attached hydrogens (tertiary/aromatic N) is 1. The Morgan fingerprint density at radius 1 is 1.33 bits per heavy atom. The number of carbonyl (C=O) groups is 1. The number of benzene rings is 1. The number of carbonyl (C=O) groups excluding carboxylic acids is 1. The van der Waals surface area contributed by atoms with Gasteiger partial charge in [-0.1, -0.05) is 28.1 Å². The van der Waals surface area contributed by atoms with Gasteiger partial charge in [-0.3, -0.25) is 4.79 Å². The van der Waals surface area contributed by atoms with Gasteiger partial charge in [-0.05, 0) is 50.3 Å². The molecule has 0 aliphatic carbocycles. The Balaban J connectivity index is 1.51. The predicted octanol–water partition coefficient (Wildman–Crippen LogP) is 3.68. The standard InChI is InChI=1S/C17H22BrNO2/c1-12-3-2-4-16(9-12)21-8-7-17(20)19-14-5-6-15(19)11-13(18)10-14/h2-4,9,13-15H,5-8,10-11H2,1H3. The molecule has 1 aromatic carbocycles. The second-order valence-electron chi connectivity index (χ2n) is 6.17. The van der Waals surface area contributed by atoms with E-state index in [1.165, 1.54) is 5.56 Å². The molecule has 3 rings (SSSR count). The minimum Gasteiger partial charge on any atom is -0.493 e. The van der Waals surface area contributed by atoms with Crippen LogP contribution in [0.4, 0.5) is 0 Å². The van der Waals surface area contributed by atoms with Gasteiger partial charge in [0.05, 0.1) is 13.0 Å². The zero-order chi connectivity index (χ0) is 14.8. The molecule has 0 aromatic heterocycles. The second kappa shape index (κ2) is 6.39. The fraction of sp³-hybridized carbons (Fsp3) is 0.588. The number of amides is 1. The number of aryl methyl sites for hydroxylation is 1. The summed E-state index contributed by atoms with van der Waals surface area (Å²) in [6, 6.07) is 8.86. The van der Waals surface area contributed by atoms with E-state index >= 15 is 0 Å². The van der Waals surface area contributed by atoms with Gasteiger partial charge in [-0.25, -0.2) is 0 Å². The van der Waals surface area contributed by atoms with Crippen molar-refractivity contribution < 1.29 is 9.53 Å². The molecule has 0 spiro atoms. The van der Waals surface area contributed by atoms with Crippen molar-refractivity contribution in [2.45, 2.75) is 55.9 Å². The predicted molar refractivity (Wildman–Crippen MR) is 86.9 cm³/mol. The summed E-state index contributed by atoms with van der Waals surface area (Å²) < 4.78 is 5.70. The van der Waals surface area contributed by atoms with Crippen molar-refractivity contribution in [1.82, 2.24) is 4.90 Å². The van der Waals surface area contributed by atoms with Crippen molar-refractivity contribution >= 4 is 21.8 Å². The number of alkyl halides is 1. The second-order valence-corrected chi connectivity index (χ2v) is 7.46. The summed E-state index contributed by atoms with van der Waals surface area (Å²) >= 11 is 3.71. The van der Waals surface area contributed by atoms with Gasteiger partial charge >= 0.3 is 0 Å². The van der Waals surface area contributed by atoms with E-state index in [4.69, 9.17) is 4.74 Å². The Hall–Kier alpha value is -1.03. The summed E-state index contributed by atoms with van der Waals surface area (Å²) in [4.78, 5) is 15.2. The van der Waals surface area contributed by atoms with Crippen LogP contribution in [0.3, 0.4) is 0 Å². The van der Waals surface area contributed by atoms with Crippen molar-refractivity contribution in [3.05, 3.63) is 29.8 Å². The molecule has 4 heteroatoms.